The van der Waals surface area contributed by atoms with Gasteiger partial charge in [-0.3, -0.25) is 0 Å². The van der Waals surface area contributed by atoms with E-state index in [0.717, 1.165) is 10.5 Å². The first-order valence-electron chi connectivity index (χ1n) is 6.12. The van der Waals surface area contributed by atoms with Crippen LogP contribution in [0.15, 0.2) is 41.3 Å². The molecule has 0 aliphatic rings. The van der Waals surface area contributed by atoms with E-state index < -0.39 is 7.12 Å². The van der Waals surface area contributed by atoms with E-state index in [1.165, 1.54) is 7.11 Å². The molecule has 2 aromatic rings. The van der Waals surface area contributed by atoms with Crippen molar-refractivity contribution in [3.05, 3.63) is 52.0 Å². The van der Waals surface area contributed by atoms with Gasteiger partial charge in [0.2, 0.25) is 0 Å². The van der Waals surface area contributed by atoms with Crippen LogP contribution in [0.5, 0.6) is 5.75 Å². The maximum absolute atomic E-state index is 9.35. The van der Waals surface area contributed by atoms with Crippen LogP contribution in [0.3, 0.4) is 0 Å². The molecule has 0 saturated heterocycles. The Labute approximate surface area is 138 Å². The van der Waals surface area contributed by atoms with Crippen LogP contribution in [0.4, 0.5) is 0 Å². The van der Waals surface area contributed by atoms with Gasteiger partial charge in [0.15, 0.2) is 0 Å². The number of hydrogen-bond acceptors (Lipinski definition) is 4. The van der Waals surface area contributed by atoms with Crippen molar-refractivity contribution in [3.8, 4) is 5.75 Å². The summed E-state index contributed by atoms with van der Waals surface area (Å²) in [6.45, 7) is 0. The van der Waals surface area contributed by atoms with Crippen molar-refractivity contribution in [2.24, 2.45) is 0 Å². The maximum atomic E-state index is 9.35. The minimum absolute atomic E-state index is 0.352. The molecule has 0 aromatic heterocycles. The lowest BCUT2D eigenvalue weighted by molar-refractivity contribution is 0.403. The summed E-state index contributed by atoms with van der Waals surface area (Å²) < 4.78 is 5.09. The van der Waals surface area contributed by atoms with E-state index in [9.17, 15) is 10.0 Å². The molecule has 0 amide bonds. The van der Waals surface area contributed by atoms with Crippen LogP contribution in [0.25, 0.3) is 0 Å². The summed E-state index contributed by atoms with van der Waals surface area (Å²) >= 11 is 13.4. The summed E-state index contributed by atoms with van der Waals surface area (Å²) in [5.41, 5.74) is 1.31. The van der Waals surface area contributed by atoms with Crippen LogP contribution >= 0.6 is 35.0 Å². The van der Waals surface area contributed by atoms with Gasteiger partial charge in [0.1, 0.15) is 5.75 Å². The number of benzene rings is 2. The predicted molar refractivity (Wildman–Crippen MR) is 88.8 cm³/mol. The summed E-state index contributed by atoms with van der Waals surface area (Å²) in [4.78, 5) is 0.992. The molecule has 0 unspecified atom stereocenters. The first-order valence-corrected chi connectivity index (χ1v) is 7.86. The van der Waals surface area contributed by atoms with Gasteiger partial charge in [-0.1, -0.05) is 35.3 Å². The third kappa shape index (κ3) is 4.31. The van der Waals surface area contributed by atoms with Gasteiger partial charge in [0, 0.05) is 16.1 Å². The Morgan fingerprint density at radius 2 is 1.86 bits per heavy atom. The van der Waals surface area contributed by atoms with Gasteiger partial charge >= 0.3 is 7.12 Å². The number of methoxy groups -OCH3 is 1. The van der Waals surface area contributed by atoms with E-state index in [1.807, 2.05) is 12.1 Å². The Morgan fingerprint density at radius 3 is 2.48 bits per heavy atom. The van der Waals surface area contributed by atoms with Gasteiger partial charge in [0.25, 0.3) is 0 Å². The molecule has 0 radical (unpaired) electrons. The first-order chi connectivity index (χ1) is 10.0. The fourth-order valence-electron chi connectivity index (χ4n) is 1.81. The smallest absolute Gasteiger partial charge is 0.492 e. The molecule has 0 spiro atoms. The molecular weight excluding hydrogens is 330 g/mol. The van der Waals surface area contributed by atoms with E-state index in [1.54, 1.807) is 36.0 Å². The zero-order valence-electron chi connectivity index (χ0n) is 11.2. The van der Waals surface area contributed by atoms with E-state index in [2.05, 4.69) is 0 Å². The monoisotopic (exact) mass is 342 g/mol. The van der Waals surface area contributed by atoms with Crippen molar-refractivity contribution in [2.45, 2.75) is 10.6 Å². The third-order valence-corrected chi connectivity index (χ3v) is 4.67. The summed E-state index contributed by atoms with van der Waals surface area (Å²) in [6, 6.07) is 10.8. The fraction of sp³-hybridized carbons (Fsp3) is 0.143. The van der Waals surface area contributed by atoms with Crippen LogP contribution in [0, 0.1) is 0 Å². The molecule has 2 N–H and O–H groups in total. The minimum Gasteiger partial charge on any atom is -0.497 e. The average Bonchev–Trinajstić information content (AvgIpc) is 2.48. The highest BCUT2D eigenvalue weighted by Gasteiger charge is 2.17. The molecule has 0 atom stereocenters. The second-order valence-electron chi connectivity index (χ2n) is 4.31. The van der Waals surface area contributed by atoms with Gasteiger partial charge in [-0.25, -0.2) is 0 Å². The highest BCUT2D eigenvalue weighted by Crippen LogP contribution is 2.29. The highest BCUT2D eigenvalue weighted by molar-refractivity contribution is 7.98. The SMILES string of the molecule is COc1ccc(CSc2ccc(Cl)c(Cl)c2)cc1B(O)O. The Morgan fingerprint density at radius 1 is 1.10 bits per heavy atom. The summed E-state index contributed by atoms with van der Waals surface area (Å²) in [5, 5.41) is 19.7. The van der Waals surface area contributed by atoms with Crippen molar-refractivity contribution in [1.82, 2.24) is 0 Å². The van der Waals surface area contributed by atoms with Gasteiger partial charge in [-0.15, -0.1) is 11.8 Å². The Bertz CT molecular complexity index is 638. The standard InChI is InChI=1S/C14H13BCl2O3S/c1-20-14-5-2-9(6-11(14)15(18)19)8-21-10-3-4-12(16)13(17)7-10/h2-7,18-19H,8H2,1H3. The first kappa shape index (κ1) is 16.5. The second-order valence-corrected chi connectivity index (χ2v) is 6.18. The summed E-state index contributed by atoms with van der Waals surface area (Å²) in [6.07, 6.45) is 0. The molecule has 0 aliphatic carbocycles. The second kappa shape index (κ2) is 7.43. The topological polar surface area (TPSA) is 49.7 Å². The lowest BCUT2D eigenvalue weighted by Gasteiger charge is -2.10. The van der Waals surface area contributed by atoms with E-state index in [-0.39, 0.29) is 0 Å². The fourth-order valence-corrected chi connectivity index (χ4v) is 3.05. The number of ether oxygens (including phenoxy) is 1. The van der Waals surface area contributed by atoms with Crippen LogP contribution in [0.2, 0.25) is 10.0 Å². The Balaban J connectivity index is 2.12. The number of hydrogen-bond donors (Lipinski definition) is 2. The number of rotatable bonds is 5. The largest absolute Gasteiger partial charge is 0.497 e. The highest BCUT2D eigenvalue weighted by atomic mass is 35.5. The van der Waals surface area contributed by atoms with E-state index >= 15 is 0 Å². The van der Waals surface area contributed by atoms with Crippen molar-refractivity contribution in [1.29, 1.82) is 0 Å². The van der Waals surface area contributed by atoms with Gasteiger partial charge in [0.05, 0.1) is 17.2 Å². The quantitative estimate of drug-likeness (QED) is 0.648. The predicted octanol–water partition coefficient (Wildman–Crippen LogP) is 2.97. The van der Waals surface area contributed by atoms with Crippen molar-refractivity contribution in [3.63, 3.8) is 0 Å². The molecule has 0 fully saturated rings. The van der Waals surface area contributed by atoms with Crippen LogP contribution in [-0.2, 0) is 5.75 Å². The molecule has 21 heavy (non-hydrogen) atoms. The molecule has 0 aliphatic heterocycles. The average molecular weight is 343 g/mol. The zero-order valence-corrected chi connectivity index (χ0v) is 13.5. The number of halogens is 2. The third-order valence-electron chi connectivity index (χ3n) is 2.87. The molecule has 0 bridgehead atoms. The van der Waals surface area contributed by atoms with Crippen molar-refractivity contribution >= 4 is 47.5 Å². The number of thioether (sulfide) groups is 1. The minimum atomic E-state index is -1.56. The molecule has 3 nitrogen and oxygen atoms in total. The Hall–Kier alpha value is -0.845. The van der Waals surface area contributed by atoms with Gasteiger partial charge in [-0.2, -0.15) is 0 Å². The Kier molecular flexibility index (Phi) is 5.84. The van der Waals surface area contributed by atoms with E-state index in [4.69, 9.17) is 27.9 Å². The molecule has 0 saturated carbocycles. The molecule has 110 valence electrons. The molecule has 0 heterocycles. The maximum Gasteiger partial charge on any atom is 0.492 e. The summed E-state index contributed by atoms with van der Waals surface area (Å²) in [7, 11) is -0.0689. The van der Waals surface area contributed by atoms with Gasteiger partial charge < -0.3 is 14.8 Å². The summed E-state index contributed by atoms with van der Waals surface area (Å²) in [5.74, 6) is 1.12. The van der Waals surface area contributed by atoms with Crippen molar-refractivity contribution < 1.29 is 14.8 Å². The molecule has 2 rings (SSSR count). The molecular formula is C14H13BCl2O3S. The normalized spacial score (nSPS) is 10.5. The molecule has 2 aromatic carbocycles. The lowest BCUT2D eigenvalue weighted by atomic mass is 9.79. The van der Waals surface area contributed by atoms with Gasteiger partial charge in [-0.05, 0) is 29.8 Å². The van der Waals surface area contributed by atoms with Crippen LogP contribution < -0.4 is 10.2 Å². The lowest BCUT2D eigenvalue weighted by Crippen LogP contribution is -2.31. The van der Waals surface area contributed by atoms with Crippen molar-refractivity contribution in [2.75, 3.05) is 7.11 Å². The zero-order chi connectivity index (χ0) is 15.4. The molecule has 7 heteroatoms. The van der Waals surface area contributed by atoms with Crippen LogP contribution in [-0.4, -0.2) is 24.3 Å². The van der Waals surface area contributed by atoms with E-state index in [0.29, 0.717) is 27.0 Å². The van der Waals surface area contributed by atoms with Crippen LogP contribution in [0.1, 0.15) is 5.56 Å².